The van der Waals surface area contributed by atoms with Crippen LogP contribution in [-0.4, -0.2) is 96.3 Å². The smallest absolute Gasteiger partial charge is 0.357 e. The highest BCUT2D eigenvalue weighted by Crippen LogP contribution is 2.61. The van der Waals surface area contributed by atoms with E-state index in [1.807, 2.05) is 30.3 Å². The second-order valence-electron chi connectivity index (χ2n) is 14.9. The van der Waals surface area contributed by atoms with Gasteiger partial charge in [-0.1, -0.05) is 42.5 Å². The molecular weight excluding hydrogens is 755 g/mol. The monoisotopic (exact) mass is 802 g/mol. The van der Waals surface area contributed by atoms with Gasteiger partial charge in [0.25, 0.3) is 5.91 Å². The lowest BCUT2D eigenvalue weighted by atomic mass is 9.55. The third kappa shape index (κ3) is 6.65. The summed E-state index contributed by atoms with van der Waals surface area (Å²) in [5.41, 5.74) is 8.54. The third-order valence-electron chi connectivity index (χ3n) is 11.0. The van der Waals surface area contributed by atoms with Crippen LogP contribution in [0.15, 0.2) is 88.4 Å². The summed E-state index contributed by atoms with van der Waals surface area (Å²) >= 11 is 0. The third-order valence-corrected chi connectivity index (χ3v) is 13.3. The van der Waals surface area contributed by atoms with Crippen molar-refractivity contribution in [2.24, 2.45) is 22.6 Å². The van der Waals surface area contributed by atoms with Gasteiger partial charge < -0.3 is 51.0 Å². The molecule has 0 spiro atoms. The number of rotatable bonds is 13. The number of para-hydroxylation sites is 1. The van der Waals surface area contributed by atoms with E-state index in [9.17, 15) is 39.2 Å². The topological polar surface area (TPSA) is 247 Å². The zero-order valence-electron chi connectivity index (χ0n) is 32.5. The number of aromatic hydroxyl groups is 1. The van der Waals surface area contributed by atoms with Crippen LogP contribution in [-0.2, 0) is 29.6 Å². The van der Waals surface area contributed by atoms with E-state index in [4.69, 9.17) is 20.5 Å². The molecule has 0 saturated heterocycles. The second-order valence-corrected chi connectivity index (χ2v) is 17.0. The molecule has 5 atom stereocenters. The highest BCUT2D eigenvalue weighted by Gasteiger charge is 2.66. The van der Waals surface area contributed by atoms with E-state index in [0.717, 1.165) is 0 Å². The van der Waals surface area contributed by atoms with Gasteiger partial charge in [0.05, 0.1) is 35.9 Å². The summed E-state index contributed by atoms with van der Waals surface area (Å²) in [6.07, 6.45) is -0.446. The number of nitrogens with zero attached hydrogens (tertiary/aromatic N) is 3. The molecular formula is C40H47N6O10P. The molecule has 1 amide bonds. The second kappa shape index (κ2) is 15.3. The average Bonchev–Trinajstić information content (AvgIpc) is 3.15. The Bertz CT molecular complexity index is 2250. The first kappa shape index (κ1) is 41.4. The van der Waals surface area contributed by atoms with E-state index in [1.54, 1.807) is 63.2 Å². The van der Waals surface area contributed by atoms with Gasteiger partial charge in [-0.05, 0) is 80.9 Å². The van der Waals surface area contributed by atoms with Crippen molar-refractivity contribution in [3.63, 3.8) is 0 Å². The number of Topliss-reactive ketones (excluding diaryl/α,β-unsaturated/α-hetero) is 2. The van der Waals surface area contributed by atoms with Gasteiger partial charge in [0.1, 0.15) is 22.8 Å². The molecule has 16 nitrogen and oxygen atoms in total. The molecule has 0 heterocycles. The Balaban J connectivity index is 1.50. The van der Waals surface area contributed by atoms with Crippen molar-refractivity contribution in [3.8, 4) is 16.9 Å². The first-order valence-electron chi connectivity index (χ1n) is 18.4. The fourth-order valence-corrected chi connectivity index (χ4v) is 10.5. The summed E-state index contributed by atoms with van der Waals surface area (Å²) in [7, 11) is 2.76. The predicted molar refractivity (Wildman–Crippen MR) is 214 cm³/mol. The summed E-state index contributed by atoms with van der Waals surface area (Å²) in [6.45, 7) is 3.70. The minimum atomic E-state index is -3.78. The Morgan fingerprint density at radius 3 is 2.18 bits per heavy atom. The van der Waals surface area contributed by atoms with Crippen LogP contribution < -0.4 is 21.7 Å². The van der Waals surface area contributed by atoms with E-state index >= 15 is 0 Å². The summed E-state index contributed by atoms with van der Waals surface area (Å²) in [5.74, 6) is -7.48. The molecule has 3 aliphatic carbocycles. The molecule has 0 radical (unpaired) electrons. The van der Waals surface area contributed by atoms with E-state index < -0.39 is 82.3 Å². The zero-order chi connectivity index (χ0) is 41.8. The van der Waals surface area contributed by atoms with Crippen LogP contribution in [0.2, 0.25) is 0 Å². The molecule has 6 rings (SSSR count). The van der Waals surface area contributed by atoms with Crippen LogP contribution in [0.3, 0.4) is 0 Å². The largest absolute Gasteiger partial charge is 0.508 e. The highest BCUT2D eigenvalue weighted by molar-refractivity contribution is 7.54. The van der Waals surface area contributed by atoms with E-state index in [0.29, 0.717) is 28.1 Å². The van der Waals surface area contributed by atoms with Gasteiger partial charge >= 0.3 is 7.60 Å². The van der Waals surface area contributed by atoms with E-state index in [2.05, 4.69) is 10.5 Å². The number of hydrogen-bond acceptors (Lipinski definition) is 15. The number of nitrogens with two attached hydrogens (primary N) is 2. The van der Waals surface area contributed by atoms with Gasteiger partial charge in [-0.2, -0.15) is 0 Å². The number of fused-ring (bicyclic) bond motifs is 3. The minimum Gasteiger partial charge on any atom is -0.508 e. The molecule has 3 aromatic rings. The number of likely N-dealkylation sites (N-methyl/N-ethyl adjacent to an activating group) is 1. The van der Waals surface area contributed by atoms with Crippen LogP contribution in [0.4, 0.5) is 11.4 Å². The maximum Gasteiger partial charge on any atom is 0.357 e. The highest BCUT2D eigenvalue weighted by atomic mass is 31.2. The Morgan fingerprint density at radius 2 is 1.65 bits per heavy atom. The van der Waals surface area contributed by atoms with Crippen LogP contribution >= 0.6 is 7.60 Å². The normalized spacial score (nSPS) is 23.8. The molecule has 8 N–H and O–H groups in total. The number of ketones is 2. The van der Waals surface area contributed by atoms with Gasteiger partial charge in [0.2, 0.25) is 5.78 Å². The number of benzene rings is 3. The standard InChI is InChI=1S/C40H47N6O10P/c1-7-55-57(54,56-8-2)38(43-23-12-10-9-11-13-23)22-16-14-21(15-17-22)24-18-27(45(3)4)25-19-39(42)20-26-32(46(5)6)31(44-53)29(37(41)51)35(49)40(26,52)36(50)30(39)34(48)28(25)33(24)47/h9-18,26,32,38,43,47,50,52H,7-8,19-20,42H2,1-6H3,(H2,41,51)/t26-,32?,38?,39+,40+/m0/s1. The summed E-state index contributed by atoms with van der Waals surface area (Å²) < 4.78 is 25.6. The first-order valence-corrected chi connectivity index (χ1v) is 20.0. The Kier molecular flexibility index (Phi) is 11.1. The number of nitroso groups, excluding NO2 is 1. The molecule has 57 heavy (non-hydrogen) atoms. The summed E-state index contributed by atoms with van der Waals surface area (Å²) in [6, 6.07) is 16.4. The minimum absolute atomic E-state index is 0.130. The molecule has 0 aliphatic heterocycles. The molecule has 302 valence electrons. The molecule has 17 heteroatoms. The van der Waals surface area contributed by atoms with Crippen molar-refractivity contribution in [2.45, 2.75) is 49.7 Å². The lowest BCUT2D eigenvalue weighted by Gasteiger charge is -2.53. The van der Waals surface area contributed by atoms with Crippen molar-refractivity contribution >= 4 is 36.4 Å². The average molecular weight is 803 g/mol. The lowest BCUT2D eigenvalue weighted by molar-refractivity contribution is -0.147. The zero-order valence-corrected chi connectivity index (χ0v) is 33.4. The number of hydrogen-bond donors (Lipinski definition) is 6. The maximum absolute atomic E-state index is 14.7. The SMILES string of the molecule is CCOP(=O)(OCC)C(Nc1ccccc1)c1ccc(-c2cc(N(C)C)c3c(c2O)C(=O)C2=C(O)[C@]4(O)C(=O)C(C(N)=O)=C(N=O)C(N(C)C)[C@@H]4C[C@]2(N)C3)cc1. The number of phenols is 1. The van der Waals surface area contributed by atoms with E-state index in [-0.39, 0.29) is 37.2 Å². The van der Waals surface area contributed by atoms with Crippen molar-refractivity contribution < 1.29 is 43.3 Å². The van der Waals surface area contributed by atoms with Crippen molar-refractivity contribution in [3.05, 3.63) is 105 Å². The number of nitrogens with one attached hydrogen (secondary N) is 1. The van der Waals surface area contributed by atoms with Gasteiger partial charge in [0.15, 0.2) is 17.2 Å². The number of carbonyl (C=O) groups excluding carboxylic acids is 3. The Hall–Kier alpha value is -5.22. The van der Waals surface area contributed by atoms with Crippen LogP contribution in [0.5, 0.6) is 5.75 Å². The number of aliphatic hydroxyl groups is 2. The molecule has 2 unspecified atom stereocenters. The van der Waals surface area contributed by atoms with Crippen LogP contribution in [0, 0.1) is 10.8 Å². The lowest BCUT2D eigenvalue weighted by Crippen LogP contribution is -2.68. The molecule has 0 bridgehead atoms. The number of amides is 1. The number of phenolic OH excluding ortho intramolecular Hbond substituents is 1. The van der Waals surface area contributed by atoms with Crippen molar-refractivity contribution in [1.29, 1.82) is 0 Å². The summed E-state index contributed by atoms with van der Waals surface area (Å²) in [4.78, 5) is 56.4. The fraction of sp³-hybridized carbons (Fsp3) is 0.375. The molecule has 0 fully saturated rings. The number of aliphatic hydroxyl groups excluding tert-OH is 1. The van der Waals surface area contributed by atoms with E-state index in [1.165, 1.54) is 19.0 Å². The fourth-order valence-electron chi connectivity index (χ4n) is 8.55. The van der Waals surface area contributed by atoms with Gasteiger partial charge in [-0.3, -0.25) is 18.9 Å². The molecule has 3 aromatic carbocycles. The maximum atomic E-state index is 14.7. The number of primary amides is 1. The molecule has 0 saturated carbocycles. The Morgan fingerprint density at radius 1 is 1.04 bits per heavy atom. The molecule has 3 aliphatic rings. The summed E-state index contributed by atoms with van der Waals surface area (Å²) in [5, 5.41) is 42.3. The van der Waals surface area contributed by atoms with Gasteiger partial charge in [0, 0.05) is 37.0 Å². The van der Waals surface area contributed by atoms with Gasteiger partial charge in [-0.15, -0.1) is 4.91 Å². The van der Waals surface area contributed by atoms with Crippen molar-refractivity contribution in [2.75, 3.05) is 51.6 Å². The molecule has 0 aromatic heterocycles. The quantitative estimate of drug-likeness (QED) is 0.0791. The van der Waals surface area contributed by atoms with Crippen molar-refractivity contribution in [1.82, 2.24) is 4.90 Å². The number of anilines is 2. The van der Waals surface area contributed by atoms with Gasteiger partial charge in [-0.25, -0.2) is 0 Å². The van der Waals surface area contributed by atoms with Crippen LogP contribution in [0.25, 0.3) is 11.1 Å². The Labute approximate surface area is 329 Å². The first-order chi connectivity index (χ1) is 26.9. The number of carbonyl (C=O) groups is 3. The van der Waals surface area contributed by atoms with Crippen LogP contribution in [0.1, 0.15) is 47.5 Å². The predicted octanol–water partition coefficient (Wildman–Crippen LogP) is 4.52.